The van der Waals surface area contributed by atoms with Gasteiger partial charge in [0.1, 0.15) is 5.82 Å². The molecule has 1 aromatic carbocycles. The number of nitrogens with one attached hydrogen (secondary N) is 1. The zero-order chi connectivity index (χ0) is 20.4. The standard InChI is InChI=1S/C25H38N4/c1-17(2)24-16-28-18(3)29(24)23-13-20-9-10-21(14-23)25(20)27-12-11-22(15-26)19-7-5-4-6-8-19/h4-8,16-17,20-23,25,27H,9-15,26H2,1-3H3. The molecule has 3 N–H and O–H groups in total. The summed E-state index contributed by atoms with van der Waals surface area (Å²) >= 11 is 0. The average Bonchev–Trinajstić information content (AvgIpc) is 3.22. The molecule has 0 amide bonds. The van der Waals surface area contributed by atoms with E-state index < -0.39 is 0 Å². The van der Waals surface area contributed by atoms with Crippen LogP contribution in [0.2, 0.25) is 0 Å². The SMILES string of the molecule is Cc1ncc(C(C)C)n1C1CC2CCC(C1)C2NCCC(CN)c1ccccc1. The highest BCUT2D eigenvalue weighted by Crippen LogP contribution is 2.47. The number of rotatable bonds is 8. The number of imidazole rings is 1. The summed E-state index contributed by atoms with van der Waals surface area (Å²) in [7, 11) is 0. The summed E-state index contributed by atoms with van der Waals surface area (Å²) in [4.78, 5) is 4.65. The molecule has 2 saturated carbocycles. The highest BCUT2D eigenvalue weighted by Gasteiger charge is 2.43. The van der Waals surface area contributed by atoms with Crippen LogP contribution >= 0.6 is 0 Å². The molecule has 0 aliphatic heterocycles. The summed E-state index contributed by atoms with van der Waals surface area (Å²) in [6.07, 6.45) is 8.57. The van der Waals surface area contributed by atoms with Crippen molar-refractivity contribution in [3.05, 3.63) is 53.6 Å². The van der Waals surface area contributed by atoms with Gasteiger partial charge in [-0.1, -0.05) is 44.2 Å². The van der Waals surface area contributed by atoms with Gasteiger partial charge >= 0.3 is 0 Å². The highest BCUT2D eigenvalue weighted by atomic mass is 15.1. The summed E-state index contributed by atoms with van der Waals surface area (Å²) in [5, 5.41) is 3.96. The molecule has 0 radical (unpaired) electrons. The summed E-state index contributed by atoms with van der Waals surface area (Å²) < 4.78 is 2.56. The van der Waals surface area contributed by atoms with Crippen LogP contribution in [0.4, 0.5) is 0 Å². The number of nitrogens with two attached hydrogens (primary N) is 1. The van der Waals surface area contributed by atoms with Gasteiger partial charge in [0.2, 0.25) is 0 Å². The van der Waals surface area contributed by atoms with Gasteiger partial charge in [0, 0.05) is 24.0 Å². The molecule has 3 atom stereocenters. The van der Waals surface area contributed by atoms with Gasteiger partial charge in [-0.05, 0) is 81.4 Å². The smallest absolute Gasteiger partial charge is 0.105 e. The van der Waals surface area contributed by atoms with Gasteiger partial charge in [-0.3, -0.25) is 0 Å². The summed E-state index contributed by atoms with van der Waals surface area (Å²) in [5.74, 6) is 3.79. The number of hydrogen-bond donors (Lipinski definition) is 2. The predicted octanol–water partition coefficient (Wildman–Crippen LogP) is 4.77. The minimum atomic E-state index is 0.458. The van der Waals surface area contributed by atoms with Gasteiger partial charge in [0.25, 0.3) is 0 Å². The predicted molar refractivity (Wildman–Crippen MR) is 120 cm³/mol. The van der Waals surface area contributed by atoms with Crippen molar-refractivity contribution in [1.82, 2.24) is 14.9 Å². The summed E-state index contributed by atoms with van der Waals surface area (Å²) in [6.45, 7) is 8.54. The second-order valence-corrected chi connectivity index (χ2v) is 9.59. The molecule has 2 bridgehead atoms. The Morgan fingerprint density at radius 3 is 2.45 bits per heavy atom. The lowest BCUT2D eigenvalue weighted by Crippen LogP contribution is -2.43. The molecular formula is C25H38N4. The molecule has 2 aliphatic carbocycles. The third-order valence-corrected chi connectivity index (χ3v) is 7.47. The van der Waals surface area contributed by atoms with Crippen LogP contribution in [0.1, 0.15) is 80.9 Å². The van der Waals surface area contributed by atoms with E-state index >= 15 is 0 Å². The number of nitrogens with zero attached hydrogens (tertiary/aromatic N) is 2. The van der Waals surface area contributed by atoms with E-state index in [2.05, 4.69) is 72.2 Å². The molecule has 4 nitrogen and oxygen atoms in total. The molecule has 29 heavy (non-hydrogen) atoms. The van der Waals surface area contributed by atoms with Gasteiger partial charge in [-0.2, -0.15) is 0 Å². The monoisotopic (exact) mass is 394 g/mol. The molecule has 2 aliphatic rings. The Balaban J connectivity index is 1.36. The molecule has 3 unspecified atom stereocenters. The largest absolute Gasteiger partial charge is 0.330 e. The first-order valence-electron chi connectivity index (χ1n) is 11.6. The van der Waals surface area contributed by atoms with Crippen molar-refractivity contribution in [3.63, 3.8) is 0 Å². The van der Waals surface area contributed by atoms with Crippen molar-refractivity contribution in [2.45, 2.75) is 76.8 Å². The molecule has 4 rings (SSSR count). The Bertz CT molecular complexity index is 767. The molecule has 0 saturated heterocycles. The minimum absolute atomic E-state index is 0.458. The first-order chi connectivity index (χ1) is 14.1. The van der Waals surface area contributed by atoms with E-state index in [9.17, 15) is 0 Å². The highest BCUT2D eigenvalue weighted by molar-refractivity contribution is 5.20. The Morgan fingerprint density at radius 2 is 1.83 bits per heavy atom. The van der Waals surface area contributed by atoms with Gasteiger partial charge in [0.15, 0.2) is 0 Å². The number of benzene rings is 1. The number of hydrogen-bond acceptors (Lipinski definition) is 3. The Kier molecular flexibility index (Phi) is 6.41. The fraction of sp³-hybridized carbons (Fsp3) is 0.640. The molecule has 0 spiro atoms. The van der Waals surface area contributed by atoms with Crippen molar-refractivity contribution in [2.24, 2.45) is 17.6 Å². The van der Waals surface area contributed by atoms with E-state index in [1.54, 1.807) is 0 Å². The van der Waals surface area contributed by atoms with E-state index in [1.165, 1.54) is 42.8 Å². The van der Waals surface area contributed by atoms with Crippen LogP contribution in [0.25, 0.3) is 0 Å². The van der Waals surface area contributed by atoms with Crippen LogP contribution in [0, 0.1) is 18.8 Å². The van der Waals surface area contributed by atoms with Gasteiger partial charge in [-0.25, -0.2) is 4.98 Å². The molecule has 1 heterocycles. The molecule has 158 valence electrons. The van der Waals surface area contributed by atoms with Gasteiger partial charge in [-0.15, -0.1) is 0 Å². The lowest BCUT2D eigenvalue weighted by molar-refractivity contribution is 0.191. The maximum Gasteiger partial charge on any atom is 0.105 e. The topological polar surface area (TPSA) is 55.9 Å². The second kappa shape index (κ2) is 9.01. The van der Waals surface area contributed by atoms with Crippen molar-refractivity contribution >= 4 is 0 Å². The summed E-state index contributed by atoms with van der Waals surface area (Å²) in [5.41, 5.74) is 8.86. The van der Waals surface area contributed by atoms with Crippen LogP contribution in [0.5, 0.6) is 0 Å². The van der Waals surface area contributed by atoms with Gasteiger partial charge in [0.05, 0.1) is 0 Å². The maximum absolute atomic E-state index is 6.08. The third-order valence-electron chi connectivity index (χ3n) is 7.47. The fourth-order valence-electron chi connectivity index (χ4n) is 5.98. The second-order valence-electron chi connectivity index (χ2n) is 9.59. The average molecular weight is 395 g/mol. The van der Waals surface area contributed by atoms with E-state index in [0.29, 0.717) is 23.9 Å². The summed E-state index contributed by atoms with van der Waals surface area (Å²) in [6, 6.07) is 12.1. The van der Waals surface area contributed by atoms with Crippen molar-refractivity contribution in [3.8, 4) is 0 Å². The van der Waals surface area contributed by atoms with Crippen molar-refractivity contribution in [1.29, 1.82) is 0 Å². The van der Waals surface area contributed by atoms with Gasteiger partial charge < -0.3 is 15.6 Å². The Labute approximate surface area is 176 Å². The van der Waals surface area contributed by atoms with Crippen molar-refractivity contribution in [2.75, 3.05) is 13.1 Å². The molecular weight excluding hydrogens is 356 g/mol. The minimum Gasteiger partial charge on any atom is -0.330 e. The number of fused-ring (bicyclic) bond motifs is 2. The fourth-order valence-corrected chi connectivity index (χ4v) is 5.98. The third kappa shape index (κ3) is 4.29. The lowest BCUT2D eigenvalue weighted by atomic mass is 9.80. The van der Waals surface area contributed by atoms with Crippen LogP contribution < -0.4 is 11.1 Å². The van der Waals surface area contributed by atoms with E-state index in [1.807, 2.05) is 0 Å². The number of aromatic nitrogens is 2. The first-order valence-corrected chi connectivity index (χ1v) is 11.6. The molecule has 2 aromatic rings. The maximum atomic E-state index is 6.08. The lowest BCUT2D eigenvalue weighted by Gasteiger charge is -2.38. The first kappa shape index (κ1) is 20.6. The zero-order valence-corrected chi connectivity index (χ0v) is 18.3. The Hall–Kier alpha value is -1.65. The Morgan fingerprint density at radius 1 is 1.14 bits per heavy atom. The molecule has 2 fully saturated rings. The number of aryl methyl sites for hydroxylation is 1. The quantitative estimate of drug-likeness (QED) is 0.678. The van der Waals surface area contributed by atoms with Crippen LogP contribution in [-0.4, -0.2) is 28.7 Å². The molecule has 4 heteroatoms. The van der Waals surface area contributed by atoms with E-state index in [-0.39, 0.29) is 0 Å². The van der Waals surface area contributed by atoms with Crippen LogP contribution in [0.15, 0.2) is 36.5 Å². The van der Waals surface area contributed by atoms with Crippen LogP contribution in [-0.2, 0) is 0 Å². The van der Waals surface area contributed by atoms with Crippen LogP contribution in [0.3, 0.4) is 0 Å². The molecule has 1 aromatic heterocycles. The van der Waals surface area contributed by atoms with Crippen molar-refractivity contribution < 1.29 is 0 Å². The normalized spacial score (nSPS) is 27.5. The van der Waals surface area contributed by atoms with E-state index in [4.69, 9.17) is 5.73 Å². The van der Waals surface area contributed by atoms with E-state index in [0.717, 1.165) is 31.3 Å². The zero-order valence-electron chi connectivity index (χ0n) is 18.3.